The maximum absolute atomic E-state index is 13.5. The fraction of sp³-hybridized carbons (Fsp3) is 0.429. The minimum absolute atomic E-state index is 0.0482. The monoisotopic (exact) mass is 451 g/mol. The molecule has 1 unspecified atom stereocenters. The molecule has 0 fully saturated rings. The number of carboxylic acid groups (broad SMARTS) is 1. The molecular formula is C28H37NO4. The molecule has 0 aliphatic carbocycles. The molecule has 2 aromatic carbocycles. The highest BCUT2D eigenvalue weighted by Gasteiger charge is 2.24. The van der Waals surface area contributed by atoms with Gasteiger partial charge in [0, 0.05) is 18.5 Å². The van der Waals surface area contributed by atoms with Crippen molar-refractivity contribution >= 4 is 17.8 Å². The number of hydroxylamine groups is 1. The Morgan fingerprint density at radius 1 is 0.939 bits per heavy atom. The van der Waals surface area contributed by atoms with Crippen LogP contribution in [0.15, 0.2) is 60.7 Å². The first kappa shape index (κ1) is 26.5. The molecule has 0 radical (unpaired) electrons. The number of benzene rings is 2. The van der Waals surface area contributed by atoms with Crippen molar-refractivity contribution in [2.24, 2.45) is 0 Å². The van der Waals surface area contributed by atoms with E-state index in [-0.39, 0.29) is 12.2 Å². The standard InChI is InChI=1S/C28H37NO4/c1-2-3-4-5-6-7-8-10-16-23-17-13-14-20-25(23)27(32)28(24-18-11-9-12-19-24)33-29-22-15-21-26(30)31/h9-14,16-20,28-29H,2-8,15,21-22H2,1H3,(H,30,31). The van der Waals surface area contributed by atoms with Crippen LogP contribution in [0.1, 0.15) is 92.3 Å². The van der Waals surface area contributed by atoms with Gasteiger partial charge in [-0.15, -0.1) is 0 Å². The summed E-state index contributed by atoms with van der Waals surface area (Å²) in [6, 6.07) is 16.9. The highest BCUT2D eigenvalue weighted by molar-refractivity contribution is 6.02. The number of carbonyl (C=O) groups is 2. The summed E-state index contributed by atoms with van der Waals surface area (Å²) in [4.78, 5) is 29.9. The predicted molar refractivity (Wildman–Crippen MR) is 133 cm³/mol. The van der Waals surface area contributed by atoms with Gasteiger partial charge in [0.25, 0.3) is 0 Å². The summed E-state index contributed by atoms with van der Waals surface area (Å²) in [6.07, 6.45) is 12.4. The largest absolute Gasteiger partial charge is 0.481 e. The number of carbonyl (C=O) groups excluding carboxylic acids is 1. The molecule has 0 aromatic heterocycles. The van der Waals surface area contributed by atoms with E-state index in [4.69, 9.17) is 9.94 Å². The first-order valence-corrected chi connectivity index (χ1v) is 12.1. The molecule has 33 heavy (non-hydrogen) atoms. The second-order valence-corrected chi connectivity index (χ2v) is 8.21. The second-order valence-electron chi connectivity index (χ2n) is 8.21. The molecule has 0 saturated heterocycles. The van der Waals surface area contributed by atoms with Crippen LogP contribution >= 0.6 is 0 Å². The Hall–Kier alpha value is -2.76. The van der Waals surface area contributed by atoms with Crippen LogP contribution in [0.4, 0.5) is 0 Å². The van der Waals surface area contributed by atoms with E-state index in [9.17, 15) is 9.59 Å². The van der Waals surface area contributed by atoms with Crippen molar-refractivity contribution in [3.63, 3.8) is 0 Å². The van der Waals surface area contributed by atoms with Gasteiger partial charge in [0.1, 0.15) is 0 Å². The lowest BCUT2D eigenvalue weighted by atomic mass is 9.95. The van der Waals surface area contributed by atoms with Gasteiger partial charge < -0.3 is 5.11 Å². The van der Waals surface area contributed by atoms with Gasteiger partial charge in [-0.3, -0.25) is 14.4 Å². The maximum Gasteiger partial charge on any atom is 0.303 e. The number of rotatable bonds is 17. The zero-order chi connectivity index (χ0) is 23.7. The first-order chi connectivity index (χ1) is 16.1. The number of aliphatic carboxylic acids is 1. The number of nitrogens with one attached hydrogen (secondary N) is 1. The molecule has 0 aliphatic heterocycles. The van der Waals surface area contributed by atoms with E-state index in [1.54, 1.807) is 0 Å². The number of carboxylic acids is 1. The Labute approximate surface area is 197 Å². The minimum atomic E-state index is -0.853. The van der Waals surface area contributed by atoms with Crippen molar-refractivity contribution in [2.75, 3.05) is 6.54 Å². The molecular weight excluding hydrogens is 414 g/mol. The molecule has 0 bridgehead atoms. The van der Waals surface area contributed by atoms with Gasteiger partial charge in [-0.1, -0.05) is 106 Å². The van der Waals surface area contributed by atoms with E-state index in [1.807, 2.05) is 60.7 Å². The van der Waals surface area contributed by atoms with Gasteiger partial charge in [-0.05, 0) is 30.4 Å². The molecule has 1 atom stereocenters. The van der Waals surface area contributed by atoms with E-state index in [0.717, 1.165) is 24.0 Å². The van der Waals surface area contributed by atoms with Gasteiger partial charge in [-0.2, -0.15) is 0 Å². The number of ketones is 1. The van der Waals surface area contributed by atoms with Crippen molar-refractivity contribution in [1.29, 1.82) is 0 Å². The molecule has 5 nitrogen and oxygen atoms in total. The molecule has 2 rings (SSSR count). The summed E-state index contributed by atoms with van der Waals surface area (Å²) in [5.74, 6) is -0.985. The summed E-state index contributed by atoms with van der Waals surface area (Å²) in [6.45, 7) is 2.58. The predicted octanol–water partition coefficient (Wildman–Crippen LogP) is 6.76. The number of Topliss-reactive ketones (excluding diaryl/α,β-unsaturated/α-hetero) is 1. The van der Waals surface area contributed by atoms with Crippen LogP contribution in [0, 0.1) is 0 Å². The Morgan fingerprint density at radius 2 is 1.64 bits per heavy atom. The van der Waals surface area contributed by atoms with Crippen LogP contribution < -0.4 is 5.48 Å². The number of hydrogen-bond donors (Lipinski definition) is 2. The number of allylic oxidation sites excluding steroid dienone is 1. The normalized spacial score (nSPS) is 12.2. The van der Waals surface area contributed by atoms with Crippen LogP contribution in [-0.4, -0.2) is 23.4 Å². The Bertz CT molecular complexity index is 863. The lowest BCUT2D eigenvalue weighted by Crippen LogP contribution is -2.26. The molecule has 2 N–H and O–H groups in total. The Morgan fingerprint density at radius 3 is 2.39 bits per heavy atom. The van der Waals surface area contributed by atoms with E-state index in [0.29, 0.717) is 18.5 Å². The Balaban J connectivity index is 2.03. The van der Waals surface area contributed by atoms with Crippen molar-refractivity contribution in [2.45, 2.75) is 70.8 Å². The summed E-state index contributed by atoms with van der Waals surface area (Å²) in [5.41, 5.74) is 5.02. The zero-order valence-corrected chi connectivity index (χ0v) is 19.7. The molecule has 0 spiro atoms. The summed E-state index contributed by atoms with van der Waals surface area (Å²) in [7, 11) is 0. The SMILES string of the molecule is CCCCCCCCC=Cc1ccccc1C(=O)C(ONCCCC(=O)O)c1ccccc1. The van der Waals surface area contributed by atoms with Gasteiger partial charge >= 0.3 is 5.97 Å². The maximum atomic E-state index is 13.5. The first-order valence-electron chi connectivity index (χ1n) is 12.1. The minimum Gasteiger partial charge on any atom is -0.481 e. The fourth-order valence-corrected chi connectivity index (χ4v) is 3.62. The molecule has 0 aliphatic rings. The highest BCUT2D eigenvalue weighted by atomic mass is 16.7. The summed E-state index contributed by atoms with van der Waals surface area (Å²) in [5, 5.41) is 8.79. The van der Waals surface area contributed by atoms with E-state index < -0.39 is 12.1 Å². The average molecular weight is 452 g/mol. The van der Waals surface area contributed by atoms with Crippen LogP contribution in [0.2, 0.25) is 0 Å². The molecule has 0 amide bonds. The third-order valence-electron chi connectivity index (χ3n) is 5.46. The van der Waals surface area contributed by atoms with Gasteiger partial charge in [0.05, 0.1) is 0 Å². The number of hydrogen-bond acceptors (Lipinski definition) is 4. The van der Waals surface area contributed by atoms with Crippen molar-refractivity contribution in [3.8, 4) is 0 Å². The topological polar surface area (TPSA) is 75.6 Å². The average Bonchev–Trinajstić information content (AvgIpc) is 2.83. The van der Waals surface area contributed by atoms with E-state index >= 15 is 0 Å². The summed E-state index contributed by atoms with van der Waals surface area (Å²) < 4.78 is 0. The van der Waals surface area contributed by atoms with Crippen LogP contribution in [0.3, 0.4) is 0 Å². The molecule has 5 heteroatoms. The molecule has 2 aromatic rings. The van der Waals surface area contributed by atoms with E-state index in [2.05, 4.69) is 18.5 Å². The lowest BCUT2D eigenvalue weighted by molar-refractivity contribution is -0.137. The van der Waals surface area contributed by atoms with Crippen molar-refractivity contribution in [1.82, 2.24) is 5.48 Å². The molecule has 0 heterocycles. The third kappa shape index (κ3) is 10.1. The number of unbranched alkanes of at least 4 members (excludes halogenated alkanes) is 6. The lowest BCUT2D eigenvalue weighted by Gasteiger charge is -2.18. The van der Waals surface area contributed by atoms with Crippen molar-refractivity contribution in [3.05, 3.63) is 77.4 Å². The van der Waals surface area contributed by atoms with Gasteiger partial charge in [0.2, 0.25) is 0 Å². The van der Waals surface area contributed by atoms with E-state index in [1.165, 1.54) is 32.1 Å². The summed E-state index contributed by atoms with van der Waals surface area (Å²) >= 11 is 0. The van der Waals surface area contributed by atoms with Crippen molar-refractivity contribution < 1.29 is 19.5 Å². The van der Waals surface area contributed by atoms with Gasteiger partial charge in [-0.25, -0.2) is 5.48 Å². The van der Waals surface area contributed by atoms with Gasteiger partial charge in [0.15, 0.2) is 11.9 Å². The van der Waals surface area contributed by atoms with Crippen LogP contribution in [-0.2, 0) is 9.63 Å². The Kier molecular flexibility index (Phi) is 12.8. The molecule has 178 valence electrons. The zero-order valence-electron chi connectivity index (χ0n) is 19.7. The smallest absolute Gasteiger partial charge is 0.303 e. The fourth-order valence-electron chi connectivity index (χ4n) is 3.62. The highest BCUT2D eigenvalue weighted by Crippen LogP contribution is 2.24. The quantitative estimate of drug-likeness (QED) is 0.158. The second kappa shape index (κ2) is 15.9. The van der Waals surface area contributed by atoms with Crippen LogP contribution in [0.25, 0.3) is 6.08 Å². The molecule has 0 saturated carbocycles. The third-order valence-corrected chi connectivity index (χ3v) is 5.46. The van der Waals surface area contributed by atoms with Crippen LogP contribution in [0.5, 0.6) is 0 Å².